The van der Waals surface area contributed by atoms with Crippen molar-refractivity contribution in [1.82, 2.24) is 14.9 Å². The quantitative estimate of drug-likeness (QED) is 0.736. The van der Waals surface area contributed by atoms with Crippen LogP contribution < -0.4 is 5.32 Å². The molecule has 3 heteroatoms. The Bertz CT molecular complexity index is 229. The van der Waals surface area contributed by atoms with Crippen molar-refractivity contribution in [2.45, 2.75) is 26.3 Å². The highest BCUT2D eigenvalue weighted by atomic mass is 15.1. The van der Waals surface area contributed by atoms with E-state index in [0.717, 1.165) is 18.8 Å². The number of aryl methyl sites for hydroxylation is 1. The molecule has 0 aliphatic heterocycles. The third kappa shape index (κ3) is 2.08. The minimum atomic E-state index is 0.352. The van der Waals surface area contributed by atoms with E-state index in [-0.39, 0.29) is 0 Å². The molecule has 1 aromatic heterocycles. The summed E-state index contributed by atoms with van der Waals surface area (Å²) in [6.45, 7) is 5.35. The fourth-order valence-electron chi connectivity index (χ4n) is 1.25. The SMILES string of the molecule is CCCNC(C)c1nccn1C. The zero-order valence-corrected chi connectivity index (χ0v) is 8.04. The van der Waals surface area contributed by atoms with Crippen LogP contribution in [0.4, 0.5) is 0 Å². The van der Waals surface area contributed by atoms with Gasteiger partial charge in [0.1, 0.15) is 5.82 Å². The second kappa shape index (κ2) is 4.26. The van der Waals surface area contributed by atoms with Crippen LogP contribution in [0, 0.1) is 0 Å². The standard InChI is InChI=1S/C9H17N3/c1-4-5-10-8(2)9-11-6-7-12(9)3/h6-8,10H,4-5H2,1-3H3. The van der Waals surface area contributed by atoms with E-state index in [2.05, 4.69) is 24.1 Å². The van der Waals surface area contributed by atoms with Crippen molar-refractivity contribution < 1.29 is 0 Å². The lowest BCUT2D eigenvalue weighted by Gasteiger charge is -2.12. The molecule has 1 aromatic rings. The number of hydrogen-bond donors (Lipinski definition) is 1. The number of hydrogen-bond acceptors (Lipinski definition) is 2. The van der Waals surface area contributed by atoms with E-state index in [9.17, 15) is 0 Å². The maximum absolute atomic E-state index is 4.27. The van der Waals surface area contributed by atoms with Crippen molar-refractivity contribution in [1.29, 1.82) is 0 Å². The number of aromatic nitrogens is 2. The Labute approximate surface area is 73.8 Å². The molecule has 3 nitrogen and oxygen atoms in total. The molecule has 0 saturated heterocycles. The third-order valence-electron chi connectivity index (χ3n) is 1.95. The molecule has 0 fully saturated rings. The van der Waals surface area contributed by atoms with Crippen molar-refractivity contribution in [3.05, 3.63) is 18.2 Å². The van der Waals surface area contributed by atoms with Crippen LogP contribution in [0.1, 0.15) is 32.1 Å². The van der Waals surface area contributed by atoms with Crippen LogP contribution in [0.15, 0.2) is 12.4 Å². The first-order chi connectivity index (χ1) is 5.75. The van der Waals surface area contributed by atoms with Gasteiger partial charge in [-0.3, -0.25) is 0 Å². The van der Waals surface area contributed by atoms with E-state index in [4.69, 9.17) is 0 Å². The fourth-order valence-corrected chi connectivity index (χ4v) is 1.25. The molecule has 0 radical (unpaired) electrons. The summed E-state index contributed by atoms with van der Waals surface area (Å²) in [5.41, 5.74) is 0. The Morgan fingerprint density at radius 2 is 2.42 bits per heavy atom. The van der Waals surface area contributed by atoms with Crippen molar-refractivity contribution in [3.63, 3.8) is 0 Å². The minimum absolute atomic E-state index is 0.352. The summed E-state index contributed by atoms with van der Waals surface area (Å²) in [7, 11) is 2.02. The molecule has 0 amide bonds. The Morgan fingerprint density at radius 1 is 1.67 bits per heavy atom. The number of rotatable bonds is 4. The Hall–Kier alpha value is -0.830. The van der Waals surface area contributed by atoms with Crippen LogP contribution in [0.5, 0.6) is 0 Å². The molecule has 0 saturated carbocycles. The first-order valence-electron chi connectivity index (χ1n) is 4.46. The van der Waals surface area contributed by atoms with Crippen LogP contribution in [-0.4, -0.2) is 16.1 Å². The van der Waals surface area contributed by atoms with Gasteiger partial charge in [0.05, 0.1) is 6.04 Å². The first kappa shape index (κ1) is 9.26. The highest BCUT2D eigenvalue weighted by Gasteiger charge is 2.07. The largest absolute Gasteiger partial charge is 0.337 e. The molecule has 0 aliphatic carbocycles. The lowest BCUT2D eigenvalue weighted by molar-refractivity contribution is 0.529. The Balaban J connectivity index is 2.52. The summed E-state index contributed by atoms with van der Waals surface area (Å²) in [5.74, 6) is 1.10. The van der Waals surface area contributed by atoms with Gasteiger partial charge in [0.15, 0.2) is 0 Å². The topological polar surface area (TPSA) is 29.9 Å². The van der Waals surface area contributed by atoms with Crippen molar-refractivity contribution in [2.24, 2.45) is 7.05 Å². The summed E-state index contributed by atoms with van der Waals surface area (Å²) in [5, 5.41) is 3.39. The molecule has 0 spiro atoms. The molecule has 1 N–H and O–H groups in total. The summed E-state index contributed by atoms with van der Waals surface area (Å²) >= 11 is 0. The molecule has 1 atom stereocenters. The van der Waals surface area contributed by atoms with E-state index in [1.54, 1.807) is 0 Å². The molecule has 68 valence electrons. The maximum atomic E-state index is 4.27. The summed E-state index contributed by atoms with van der Waals surface area (Å²) in [6.07, 6.45) is 4.97. The average molecular weight is 167 g/mol. The van der Waals surface area contributed by atoms with Gasteiger partial charge < -0.3 is 9.88 Å². The van der Waals surface area contributed by atoms with Gasteiger partial charge in [0.2, 0.25) is 0 Å². The van der Waals surface area contributed by atoms with E-state index in [1.165, 1.54) is 0 Å². The van der Waals surface area contributed by atoms with Gasteiger partial charge >= 0.3 is 0 Å². The lowest BCUT2D eigenvalue weighted by Crippen LogP contribution is -2.21. The third-order valence-corrected chi connectivity index (χ3v) is 1.95. The van der Waals surface area contributed by atoms with Gasteiger partial charge in [-0.05, 0) is 19.9 Å². The summed E-state index contributed by atoms with van der Waals surface area (Å²) < 4.78 is 2.05. The molecule has 1 heterocycles. The number of imidazole rings is 1. The number of nitrogens with zero attached hydrogens (tertiary/aromatic N) is 2. The van der Waals surface area contributed by atoms with Gasteiger partial charge in [0.25, 0.3) is 0 Å². The fraction of sp³-hybridized carbons (Fsp3) is 0.667. The maximum Gasteiger partial charge on any atom is 0.125 e. The van der Waals surface area contributed by atoms with Crippen LogP contribution >= 0.6 is 0 Å². The van der Waals surface area contributed by atoms with E-state index in [0.29, 0.717) is 6.04 Å². The Kier molecular flexibility index (Phi) is 3.29. The average Bonchev–Trinajstić information content (AvgIpc) is 2.47. The molecular weight excluding hydrogens is 150 g/mol. The summed E-state index contributed by atoms with van der Waals surface area (Å²) in [6, 6.07) is 0.352. The predicted octanol–water partition coefficient (Wildman–Crippen LogP) is 1.48. The molecule has 12 heavy (non-hydrogen) atoms. The van der Waals surface area contributed by atoms with Crippen LogP contribution in [-0.2, 0) is 7.05 Å². The molecule has 1 rings (SSSR count). The molecule has 0 aliphatic rings. The highest BCUT2D eigenvalue weighted by Crippen LogP contribution is 2.07. The van der Waals surface area contributed by atoms with Crippen LogP contribution in [0.25, 0.3) is 0 Å². The van der Waals surface area contributed by atoms with E-state index < -0.39 is 0 Å². The van der Waals surface area contributed by atoms with Crippen LogP contribution in [0.2, 0.25) is 0 Å². The van der Waals surface area contributed by atoms with Crippen molar-refractivity contribution >= 4 is 0 Å². The van der Waals surface area contributed by atoms with Gasteiger partial charge in [-0.1, -0.05) is 6.92 Å². The highest BCUT2D eigenvalue weighted by molar-refractivity contribution is 4.96. The monoisotopic (exact) mass is 167 g/mol. The predicted molar refractivity (Wildman–Crippen MR) is 49.9 cm³/mol. The summed E-state index contributed by atoms with van der Waals surface area (Å²) in [4.78, 5) is 4.27. The van der Waals surface area contributed by atoms with Gasteiger partial charge in [-0.15, -0.1) is 0 Å². The zero-order chi connectivity index (χ0) is 8.97. The molecule has 1 unspecified atom stereocenters. The normalized spacial score (nSPS) is 13.2. The lowest BCUT2D eigenvalue weighted by atomic mass is 10.3. The first-order valence-corrected chi connectivity index (χ1v) is 4.46. The zero-order valence-electron chi connectivity index (χ0n) is 8.04. The van der Waals surface area contributed by atoms with Gasteiger partial charge in [-0.25, -0.2) is 4.98 Å². The number of nitrogens with one attached hydrogen (secondary N) is 1. The van der Waals surface area contributed by atoms with Crippen molar-refractivity contribution in [2.75, 3.05) is 6.54 Å². The molecule has 0 aromatic carbocycles. The van der Waals surface area contributed by atoms with E-state index >= 15 is 0 Å². The Morgan fingerprint density at radius 3 is 2.92 bits per heavy atom. The smallest absolute Gasteiger partial charge is 0.125 e. The van der Waals surface area contributed by atoms with Gasteiger partial charge in [0, 0.05) is 19.4 Å². The molecular formula is C9H17N3. The second-order valence-electron chi connectivity index (χ2n) is 3.07. The van der Waals surface area contributed by atoms with Crippen LogP contribution in [0.3, 0.4) is 0 Å². The van der Waals surface area contributed by atoms with E-state index in [1.807, 2.05) is 24.0 Å². The van der Waals surface area contributed by atoms with Gasteiger partial charge in [-0.2, -0.15) is 0 Å². The second-order valence-corrected chi connectivity index (χ2v) is 3.07. The van der Waals surface area contributed by atoms with Crippen molar-refractivity contribution in [3.8, 4) is 0 Å². The molecule has 0 bridgehead atoms. The minimum Gasteiger partial charge on any atom is -0.337 e.